The highest BCUT2D eigenvalue weighted by molar-refractivity contribution is 6.08. The number of carbonyl (C=O) groups is 2. The summed E-state index contributed by atoms with van der Waals surface area (Å²) in [4.78, 5) is 37.5. The molecular formula is C19H25N5O3. The van der Waals surface area contributed by atoms with Gasteiger partial charge in [0.1, 0.15) is 0 Å². The Balaban J connectivity index is 1.60. The number of nitrogens with zero attached hydrogens (tertiary/aromatic N) is 5. The number of ether oxygens (including phenoxy) is 1. The predicted molar refractivity (Wildman–Crippen MR) is 102 cm³/mol. The molecule has 3 aliphatic heterocycles. The van der Waals surface area contributed by atoms with Gasteiger partial charge in [0.15, 0.2) is 12.2 Å². The average Bonchev–Trinajstić information content (AvgIpc) is 3.22. The molecule has 1 aromatic rings. The molecule has 1 aromatic carbocycles. The van der Waals surface area contributed by atoms with Crippen LogP contribution in [0.15, 0.2) is 29.3 Å². The molecule has 3 aliphatic rings. The minimum Gasteiger partial charge on any atom is -0.380 e. The smallest absolute Gasteiger partial charge is 0.328 e. The van der Waals surface area contributed by atoms with Gasteiger partial charge in [-0.3, -0.25) is 9.69 Å². The number of aryl methyl sites for hydroxylation is 1. The van der Waals surface area contributed by atoms with Crippen LogP contribution in [-0.2, 0) is 9.53 Å². The Kier molecular flexibility index (Phi) is 4.51. The Bertz CT molecular complexity index is 795. The fraction of sp³-hybridized carbons (Fsp3) is 0.526. The third-order valence-corrected chi connectivity index (χ3v) is 5.35. The SMILES string of the molecule is CCOCCN1C(=O)C2C(N=C3N(c4cccc(C)c4)CCN32)N(C)C1=O. The topological polar surface area (TPSA) is 68.7 Å². The van der Waals surface area contributed by atoms with Crippen molar-refractivity contribution in [1.82, 2.24) is 14.7 Å². The van der Waals surface area contributed by atoms with E-state index in [2.05, 4.69) is 24.0 Å². The number of hydrogen-bond acceptors (Lipinski definition) is 6. The van der Waals surface area contributed by atoms with Gasteiger partial charge in [-0.2, -0.15) is 0 Å². The summed E-state index contributed by atoms with van der Waals surface area (Å²) in [5.41, 5.74) is 2.23. The molecule has 2 unspecified atom stereocenters. The van der Waals surface area contributed by atoms with Gasteiger partial charge in [-0.25, -0.2) is 9.79 Å². The lowest BCUT2D eigenvalue weighted by Gasteiger charge is -2.40. The Hall–Kier alpha value is -2.61. The Morgan fingerprint density at radius 2 is 2.07 bits per heavy atom. The molecule has 2 saturated heterocycles. The van der Waals surface area contributed by atoms with Crippen LogP contribution < -0.4 is 4.90 Å². The number of amides is 3. The lowest BCUT2D eigenvalue weighted by Crippen LogP contribution is -2.65. The fourth-order valence-corrected chi connectivity index (χ4v) is 3.98. The van der Waals surface area contributed by atoms with Crippen molar-refractivity contribution in [2.75, 3.05) is 44.8 Å². The number of hydrogen-bond donors (Lipinski definition) is 0. The summed E-state index contributed by atoms with van der Waals surface area (Å²) in [5.74, 6) is 0.586. The second-order valence-corrected chi connectivity index (χ2v) is 7.05. The van der Waals surface area contributed by atoms with Crippen LogP contribution in [0.3, 0.4) is 0 Å². The van der Waals surface area contributed by atoms with E-state index in [0.29, 0.717) is 19.8 Å². The number of anilines is 1. The predicted octanol–water partition coefficient (Wildman–Crippen LogP) is 1.11. The van der Waals surface area contributed by atoms with E-state index in [9.17, 15) is 9.59 Å². The van der Waals surface area contributed by atoms with E-state index in [1.54, 1.807) is 11.9 Å². The number of imide groups is 1. The van der Waals surface area contributed by atoms with E-state index >= 15 is 0 Å². The van der Waals surface area contributed by atoms with Crippen molar-refractivity contribution in [3.63, 3.8) is 0 Å². The number of benzene rings is 1. The third kappa shape index (κ3) is 2.84. The molecule has 4 rings (SSSR count). The van der Waals surface area contributed by atoms with Gasteiger partial charge in [-0.05, 0) is 31.5 Å². The van der Waals surface area contributed by atoms with Gasteiger partial charge in [0, 0.05) is 32.4 Å². The first-order chi connectivity index (χ1) is 13.0. The highest BCUT2D eigenvalue weighted by atomic mass is 16.5. The summed E-state index contributed by atoms with van der Waals surface area (Å²) >= 11 is 0. The van der Waals surface area contributed by atoms with Crippen LogP contribution in [0.1, 0.15) is 12.5 Å². The van der Waals surface area contributed by atoms with Crippen molar-refractivity contribution in [2.24, 2.45) is 4.99 Å². The lowest BCUT2D eigenvalue weighted by atomic mass is 10.1. The fourth-order valence-electron chi connectivity index (χ4n) is 3.98. The van der Waals surface area contributed by atoms with E-state index in [4.69, 9.17) is 9.73 Å². The van der Waals surface area contributed by atoms with Gasteiger partial charge in [0.2, 0.25) is 5.96 Å². The summed E-state index contributed by atoms with van der Waals surface area (Å²) in [5, 5.41) is 0. The van der Waals surface area contributed by atoms with Crippen LogP contribution in [0.2, 0.25) is 0 Å². The van der Waals surface area contributed by atoms with E-state index in [0.717, 1.165) is 18.2 Å². The van der Waals surface area contributed by atoms with Gasteiger partial charge in [-0.1, -0.05) is 12.1 Å². The number of fused-ring (bicyclic) bond motifs is 3. The molecule has 0 aliphatic carbocycles. The van der Waals surface area contributed by atoms with Gasteiger partial charge in [0.05, 0.1) is 13.2 Å². The first kappa shape index (κ1) is 17.8. The molecule has 8 nitrogen and oxygen atoms in total. The van der Waals surface area contributed by atoms with Crippen molar-refractivity contribution in [1.29, 1.82) is 0 Å². The monoisotopic (exact) mass is 371 g/mol. The van der Waals surface area contributed by atoms with Gasteiger partial charge < -0.3 is 19.4 Å². The zero-order valence-corrected chi connectivity index (χ0v) is 16.0. The van der Waals surface area contributed by atoms with Gasteiger partial charge >= 0.3 is 6.03 Å². The number of carbonyl (C=O) groups excluding carboxylic acids is 2. The zero-order valence-electron chi connectivity index (χ0n) is 16.0. The Labute approximate surface area is 159 Å². The molecule has 3 amide bonds. The molecule has 2 fully saturated rings. The van der Waals surface area contributed by atoms with Crippen LogP contribution in [-0.4, -0.2) is 84.7 Å². The standard InChI is InChI=1S/C19H25N5O3/c1-4-27-11-10-24-17(25)15-16(21(3)19(24)26)20-18-22(8-9-23(15)18)14-7-5-6-13(2)12-14/h5-7,12,15-16H,4,8-11H2,1-3H3. The maximum Gasteiger partial charge on any atom is 0.328 e. The zero-order chi connectivity index (χ0) is 19.1. The van der Waals surface area contributed by atoms with E-state index in [1.807, 2.05) is 24.0 Å². The van der Waals surface area contributed by atoms with E-state index < -0.39 is 12.2 Å². The number of likely N-dealkylation sites (N-methyl/N-ethyl adjacent to an activating group) is 1. The van der Waals surface area contributed by atoms with Gasteiger partial charge in [-0.15, -0.1) is 0 Å². The largest absolute Gasteiger partial charge is 0.380 e. The molecule has 0 radical (unpaired) electrons. The van der Waals surface area contributed by atoms with Crippen LogP contribution in [0.5, 0.6) is 0 Å². The normalized spacial score (nSPS) is 24.5. The quantitative estimate of drug-likeness (QED) is 0.726. The number of urea groups is 1. The Morgan fingerprint density at radius 3 is 2.81 bits per heavy atom. The second-order valence-electron chi connectivity index (χ2n) is 7.05. The first-order valence-electron chi connectivity index (χ1n) is 9.37. The van der Waals surface area contributed by atoms with Crippen LogP contribution in [0.4, 0.5) is 10.5 Å². The van der Waals surface area contributed by atoms with Crippen LogP contribution in [0.25, 0.3) is 0 Å². The highest BCUT2D eigenvalue weighted by Crippen LogP contribution is 2.33. The number of guanidine groups is 1. The molecular weight excluding hydrogens is 346 g/mol. The second kappa shape index (κ2) is 6.84. The van der Waals surface area contributed by atoms with Crippen molar-refractivity contribution in [3.05, 3.63) is 29.8 Å². The summed E-state index contributed by atoms with van der Waals surface area (Å²) < 4.78 is 5.34. The molecule has 27 heavy (non-hydrogen) atoms. The molecule has 3 heterocycles. The molecule has 0 spiro atoms. The molecule has 2 atom stereocenters. The van der Waals surface area contributed by atoms with Crippen molar-refractivity contribution >= 4 is 23.6 Å². The molecule has 0 aromatic heterocycles. The minimum absolute atomic E-state index is 0.187. The summed E-state index contributed by atoms with van der Waals surface area (Å²) in [6, 6.07) is 7.46. The summed E-state index contributed by atoms with van der Waals surface area (Å²) in [6.07, 6.45) is -0.476. The molecule has 0 saturated carbocycles. The molecule has 144 valence electrons. The van der Waals surface area contributed by atoms with Gasteiger partial charge in [0.25, 0.3) is 5.91 Å². The highest BCUT2D eigenvalue weighted by Gasteiger charge is 2.54. The minimum atomic E-state index is -0.476. The maximum atomic E-state index is 13.1. The molecule has 0 N–H and O–H groups in total. The number of rotatable bonds is 5. The van der Waals surface area contributed by atoms with E-state index in [-0.39, 0.29) is 18.5 Å². The average molecular weight is 371 g/mol. The van der Waals surface area contributed by atoms with Crippen molar-refractivity contribution in [3.8, 4) is 0 Å². The first-order valence-corrected chi connectivity index (χ1v) is 9.37. The molecule has 0 bridgehead atoms. The maximum absolute atomic E-state index is 13.1. The van der Waals surface area contributed by atoms with E-state index in [1.165, 1.54) is 10.5 Å². The third-order valence-electron chi connectivity index (χ3n) is 5.35. The van der Waals surface area contributed by atoms with Crippen LogP contribution >= 0.6 is 0 Å². The number of aliphatic imine (C=N–C) groups is 1. The summed E-state index contributed by atoms with van der Waals surface area (Å²) in [7, 11) is 1.71. The Morgan fingerprint density at radius 1 is 1.26 bits per heavy atom. The van der Waals surface area contributed by atoms with Crippen LogP contribution in [0, 0.1) is 6.92 Å². The summed E-state index contributed by atoms with van der Waals surface area (Å²) in [6.45, 7) is 6.61. The van der Waals surface area contributed by atoms with Crippen molar-refractivity contribution in [2.45, 2.75) is 26.1 Å². The molecule has 8 heteroatoms. The lowest BCUT2D eigenvalue weighted by molar-refractivity contribution is -0.138. The van der Waals surface area contributed by atoms with Crippen molar-refractivity contribution < 1.29 is 14.3 Å².